The Morgan fingerprint density at radius 3 is 1.93 bits per heavy atom. The molecule has 8 heteroatoms. The van der Waals surface area contributed by atoms with E-state index in [0.29, 0.717) is 37.3 Å². The smallest absolute Gasteiger partial charge is 0.330 e. The maximum Gasteiger partial charge on any atom is 0.330 e. The fraction of sp³-hybridized carbons (Fsp3) is 0.485. The molecule has 0 spiro atoms. The molecule has 2 bridgehead atoms. The summed E-state index contributed by atoms with van der Waals surface area (Å²) in [5, 5.41) is 10.5. The standard InChI is InChI=1S/C33H42N4O4/c1-3-5-11-21-34(22-12-6-4-2)32(40)36-26-19-20-29(36)30(31(38)39)35(23-26)33(41)37-27-15-9-7-13-24(27)17-18-25-14-8-10-16-28(25)37/h7-10,13-18,26,29-30H,3-6,11-12,19-23H2,1-2H3,(H,38,39)/t26-,29+,30-/m0/s1. The number of carbonyl (C=O) groups excluding carboxylic acids is 2. The lowest BCUT2D eigenvalue weighted by Gasteiger charge is -2.47. The molecule has 2 aromatic rings. The van der Waals surface area contributed by atoms with Gasteiger partial charge < -0.3 is 19.8 Å². The maximum absolute atomic E-state index is 14.5. The fourth-order valence-electron chi connectivity index (χ4n) is 6.62. The Bertz CT molecular complexity index is 1230. The van der Waals surface area contributed by atoms with Crippen LogP contribution in [0.1, 0.15) is 76.3 Å². The lowest BCUT2D eigenvalue weighted by atomic mass is 10.0. The summed E-state index contributed by atoms with van der Waals surface area (Å²) < 4.78 is 0. The van der Waals surface area contributed by atoms with Gasteiger partial charge in [-0.05, 0) is 48.9 Å². The first-order valence-electron chi connectivity index (χ1n) is 15.2. The van der Waals surface area contributed by atoms with E-state index in [9.17, 15) is 19.5 Å². The number of unbranched alkanes of at least 4 members (excludes halogenated alkanes) is 4. The van der Waals surface area contributed by atoms with E-state index in [0.717, 1.165) is 49.7 Å². The number of likely N-dealkylation sites (tertiary alicyclic amines) is 1. The summed E-state index contributed by atoms with van der Waals surface area (Å²) in [6.07, 6.45) is 11.4. The summed E-state index contributed by atoms with van der Waals surface area (Å²) in [5.41, 5.74) is 3.20. The van der Waals surface area contributed by atoms with Crippen molar-refractivity contribution in [2.24, 2.45) is 0 Å². The molecule has 3 aliphatic rings. The number of urea groups is 2. The molecule has 0 unspecified atom stereocenters. The van der Waals surface area contributed by atoms with Gasteiger partial charge in [-0.1, -0.05) is 88.1 Å². The molecule has 8 nitrogen and oxygen atoms in total. The number of hydrogen-bond donors (Lipinski definition) is 1. The van der Waals surface area contributed by atoms with Gasteiger partial charge in [0.15, 0.2) is 6.04 Å². The zero-order valence-corrected chi connectivity index (χ0v) is 24.2. The van der Waals surface area contributed by atoms with Crippen LogP contribution in [-0.4, -0.2) is 75.6 Å². The Labute approximate surface area is 243 Å². The Balaban J connectivity index is 1.45. The van der Waals surface area contributed by atoms with Crippen LogP contribution in [0.5, 0.6) is 0 Å². The molecule has 2 fully saturated rings. The van der Waals surface area contributed by atoms with Gasteiger partial charge in [0.1, 0.15) is 0 Å². The van der Waals surface area contributed by atoms with Crippen LogP contribution in [0.4, 0.5) is 21.0 Å². The van der Waals surface area contributed by atoms with E-state index in [4.69, 9.17) is 0 Å². The van der Waals surface area contributed by atoms with E-state index in [1.807, 2.05) is 70.5 Å². The van der Waals surface area contributed by atoms with E-state index >= 15 is 0 Å². The van der Waals surface area contributed by atoms with E-state index < -0.39 is 18.1 Å². The van der Waals surface area contributed by atoms with Crippen molar-refractivity contribution in [3.05, 3.63) is 59.7 Å². The average Bonchev–Trinajstić information content (AvgIpc) is 3.17. The molecule has 0 saturated carbocycles. The largest absolute Gasteiger partial charge is 0.480 e. The molecule has 2 aromatic carbocycles. The summed E-state index contributed by atoms with van der Waals surface area (Å²) in [4.78, 5) is 48.3. The van der Waals surface area contributed by atoms with Gasteiger partial charge in [-0.15, -0.1) is 0 Å². The van der Waals surface area contributed by atoms with Gasteiger partial charge in [-0.25, -0.2) is 14.4 Å². The highest BCUT2D eigenvalue weighted by Gasteiger charge is 2.54. The van der Waals surface area contributed by atoms with E-state index in [2.05, 4.69) is 13.8 Å². The minimum absolute atomic E-state index is 0.0716. The Kier molecular flexibility index (Phi) is 8.96. The number of fused-ring (bicyclic) bond motifs is 4. The quantitative estimate of drug-likeness (QED) is 0.342. The minimum atomic E-state index is -1.12. The summed E-state index contributed by atoms with van der Waals surface area (Å²) >= 11 is 0. The zero-order valence-electron chi connectivity index (χ0n) is 24.2. The predicted molar refractivity (Wildman–Crippen MR) is 162 cm³/mol. The normalized spacial score (nSPS) is 20.8. The molecule has 3 atom stereocenters. The topological polar surface area (TPSA) is 84.4 Å². The summed E-state index contributed by atoms with van der Waals surface area (Å²) in [7, 11) is 0. The van der Waals surface area contributed by atoms with Crippen molar-refractivity contribution in [3.63, 3.8) is 0 Å². The highest BCUT2D eigenvalue weighted by molar-refractivity contribution is 6.06. The molecule has 5 rings (SSSR count). The van der Waals surface area contributed by atoms with Crippen molar-refractivity contribution in [3.8, 4) is 0 Å². The molecular weight excluding hydrogens is 516 g/mol. The highest BCUT2D eigenvalue weighted by Crippen LogP contribution is 2.40. The number of amides is 4. The summed E-state index contributed by atoms with van der Waals surface area (Å²) in [6.45, 7) is 5.86. The van der Waals surface area contributed by atoms with Crippen LogP contribution in [0, 0.1) is 0 Å². The van der Waals surface area contributed by atoms with Crippen LogP contribution < -0.4 is 4.90 Å². The molecule has 41 heavy (non-hydrogen) atoms. The van der Waals surface area contributed by atoms with Gasteiger partial charge in [-0.3, -0.25) is 4.90 Å². The number of piperazine rings is 1. The van der Waals surface area contributed by atoms with Crippen LogP contribution in [0.15, 0.2) is 48.5 Å². The Morgan fingerprint density at radius 1 is 0.829 bits per heavy atom. The molecule has 4 amide bonds. The molecule has 0 aromatic heterocycles. The minimum Gasteiger partial charge on any atom is -0.480 e. The zero-order chi connectivity index (χ0) is 28.9. The van der Waals surface area contributed by atoms with Crippen molar-refractivity contribution >= 4 is 41.6 Å². The summed E-state index contributed by atoms with van der Waals surface area (Å²) in [6, 6.07) is 13.0. The number of rotatable bonds is 9. The molecule has 218 valence electrons. The monoisotopic (exact) mass is 558 g/mol. The predicted octanol–water partition coefficient (Wildman–Crippen LogP) is 6.83. The number of carbonyl (C=O) groups is 3. The molecule has 0 aliphatic carbocycles. The Morgan fingerprint density at radius 2 is 1.39 bits per heavy atom. The van der Waals surface area contributed by atoms with Crippen molar-refractivity contribution < 1.29 is 19.5 Å². The van der Waals surface area contributed by atoms with Gasteiger partial charge in [-0.2, -0.15) is 0 Å². The number of carboxylic acids is 1. The number of aliphatic carboxylic acids is 1. The molecule has 0 radical (unpaired) electrons. The maximum atomic E-state index is 14.5. The third-order valence-corrected chi connectivity index (χ3v) is 8.70. The lowest BCUT2D eigenvalue weighted by molar-refractivity contribution is -0.145. The number of carboxylic acid groups (broad SMARTS) is 1. The molecule has 3 heterocycles. The molecular formula is C33H42N4O4. The lowest BCUT2D eigenvalue weighted by Crippen LogP contribution is -2.67. The first-order chi connectivity index (χ1) is 20.0. The van der Waals surface area contributed by atoms with Gasteiger partial charge in [0.05, 0.1) is 23.5 Å². The second-order valence-electron chi connectivity index (χ2n) is 11.4. The van der Waals surface area contributed by atoms with Crippen molar-refractivity contribution in [2.75, 3.05) is 24.5 Å². The molecule has 1 N–H and O–H groups in total. The third-order valence-electron chi connectivity index (χ3n) is 8.70. The number of benzene rings is 2. The number of para-hydroxylation sites is 2. The van der Waals surface area contributed by atoms with Crippen molar-refractivity contribution in [1.29, 1.82) is 0 Å². The van der Waals surface area contributed by atoms with Crippen molar-refractivity contribution in [2.45, 2.75) is 83.3 Å². The third kappa shape index (κ3) is 5.69. The van der Waals surface area contributed by atoms with Crippen LogP contribution in [-0.2, 0) is 4.79 Å². The first-order valence-corrected chi connectivity index (χ1v) is 15.2. The number of hydrogen-bond acceptors (Lipinski definition) is 3. The van der Waals surface area contributed by atoms with Crippen LogP contribution >= 0.6 is 0 Å². The fourth-order valence-corrected chi connectivity index (χ4v) is 6.62. The van der Waals surface area contributed by atoms with Gasteiger partial charge >= 0.3 is 18.0 Å². The first kappa shape index (κ1) is 28.7. The van der Waals surface area contributed by atoms with E-state index in [1.54, 1.807) is 4.90 Å². The van der Waals surface area contributed by atoms with E-state index in [-0.39, 0.29) is 24.6 Å². The highest BCUT2D eigenvalue weighted by atomic mass is 16.4. The second-order valence-corrected chi connectivity index (χ2v) is 11.4. The Hall–Kier alpha value is -3.81. The average molecular weight is 559 g/mol. The number of anilines is 2. The van der Waals surface area contributed by atoms with Crippen LogP contribution in [0.2, 0.25) is 0 Å². The second kappa shape index (κ2) is 12.8. The van der Waals surface area contributed by atoms with Crippen LogP contribution in [0.3, 0.4) is 0 Å². The van der Waals surface area contributed by atoms with Gasteiger partial charge in [0.2, 0.25) is 0 Å². The molecule has 2 saturated heterocycles. The number of nitrogens with zero attached hydrogens (tertiary/aromatic N) is 4. The van der Waals surface area contributed by atoms with Crippen molar-refractivity contribution in [1.82, 2.24) is 14.7 Å². The summed E-state index contributed by atoms with van der Waals surface area (Å²) in [5.74, 6) is -1.07. The van der Waals surface area contributed by atoms with Gasteiger partial charge in [0.25, 0.3) is 0 Å². The van der Waals surface area contributed by atoms with E-state index in [1.165, 1.54) is 4.90 Å². The SMILES string of the molecule is CCCCCN(CCCCC)C(=O)N1[C@H]2CC[C@@H]1[C@@H](C(=O)O)N(C(=O)N1c3ccccc3C=Cc3ccccc31)C2. The van der Waals surface area contributed by atoms with Crippen LogP contribution in [0.25, 0.3) is 12.2 Å². The molecule has 3 aliphatic heterocycles. The van der Waals surface area contributed by atoms with Gasteiger partial charge in [0, 0.05) is 19.6 Å².